The molecule has 0 bridgehead atoms. The van der Waals surface area contributed by atoms with Gasteiger partial charge in [0.15, 0.2) is 0 Å². The van der Waals surface area contributed by atoms with E-state index in [9.17, 15) is 31.4 Å². The highest BCUT2D eigenvalue weighted by molar-refractivity contribution is 5.46. The van der Waals surface area contributed by atoms with E-state index in [1.165, 1.54) is 7.11 Å². The van der Waals surface area contributed by atoms with E-state index in [4.69, 9.17) is 4.74 Å². The number of methoxy groups -OCH3 is 1. The second-order valence-corrected chi connectivity index (χ2v) is 5.00. The van der Waals surface area contributed by atoms with Crippen molar-refractivity contribution in [3.63, 3.8) is 0 Å². The zero-order valence-electron chi connectivity index (χ0n) is 12.2. The van der Waals surface area contributed by atoms with Crippen molar-refractivity contribution in [1.82, 2.24) is 0 Å². The fourth-order valence-corrected chi connectivity index (χ4v) is 2.53. The highest BCUT2D eigenvalue weighted by Crippen LogP contribution is 2.56. The monoisotopic (exact) mass is 349 g/mol. The molecule has 0 aliphatic carbocycles. The van der Waals surface area contributed by atoms with Gasteiger partial charge in [-0.1, -0.05) is 36.4 Å². The summed E-state index contributed by atoms with van der Waals surface area (Å²) >= 11 is 0. The van der Waals surface area contributed by atoms with Crippen molar-refractivity contribution in [1.29, 1.82) is 0 Å². The van der Waals surface area contributed by atoms with Gasteiger partial charge in [0.05, 0.1) is 7.11 Å². The summed E-state index contributed by atoms with van der Waals surface area (Å²) in [6.45, 7) is 0. The molecule has 0 aliphatic heterocycles. The van der Waals surface area contributed by atoms with Gasteiger partial charge < -0.3 is 9.84 Å². The van der Waals surface area contributed by atoms with E-state index in [0.717, 1.165) is 12.1 Å². The maximum Gasteiger partial charge on any atom is 0.411 e. The van der Waals surface area contributed by atoms with Gasteiger partial charge >= 0.3 is 12.4 Å². The lowest BCUT2D eigenvalue weighted by Crippen LogP contribution is -2.54. The molecule has 2 rings (SSSR count). The van der Waals surface area contributed by atoms with Gasteiger partial charge in [0, 0.05) is 0 Å². The van der Waals surface area contributed by atoms with Gasteiger partial charge in [0.25, 0.3) is 0 Å². The van der Waals surface area contributed by atoms with Crippen molar-refractivity contribution >= 4 is 0 Å². The predicted molar refractivity (Wildman–Crippen MR) is 71.8 cm³/mol. The molecule has 8 heteroatoms. The fourth-order valence-electron chi connectivity index (χ4n) is 2.53. The van der Waals surface area contributed by atoms with Crippen LogP contribution in [0.3, 0.4) is 0 Å². The zero-order chi connectivity index (χ0) is 18.2. The van der Waals surface area contributed by atoms with Crippen molar-refractivity contribution in [2.45, 2.75) is 17.8 Å². The summed E-state index contributed by atoms with van der Waals surface area (Å²) in [5.41, 5.74) is -6.34. The molecule has 2 aromatic carbocycles. The number of ether oxygens (including phenoxy) is 1. The second kappa shape index (κ2) is 5.92. The van der Waals surface area contributed by atoms with Gasteiger partial charge in [0.1, 0.15) is 5.75 Å². The highest BCUT2D eigenvalue weighted by Gasteiger charge is 2.72. The van der Waals surface area contributed by atoms with Crippen LogP contribution in [0.4, 0.5) is 26.3 Å². The predicted octanol–water partition coefficient (Wildman–Crippen LogP) is 4.18. The van der Waals surface area contributed by atoms with Gasteiger partial charge in [-0.3, -0.25) is 0 Å². The van der Waals surface area contributed by atoms with Crippen LogP contribution in [0.2, 0.25) is 0 Å². The van der Waals surface area contributed by atoms with E-state index in [1.807, 2.05) is 0 Å². The Hall–Kier alpha value is -2.38. The summed E-state index contributed by atoms with van der Waals surface area (Å²) in [7, 11) is 1.24. The minimum atomic E-state index is -5.68. The molecule has 130 valence electrons. The molecule has 2 nitrogen and oxygen atoms in total. The lowest BCUT2D eigenvalue weighted by atomic mass is 9.73. The molecule has 0 saturated carbocycles. The van der Waals surface area contributed by atoms with Crippen LogP contribution < -0.4 is 9.84 Å². The van der Waals surface area contributed by atoms with Crippen molar-refractivity contribution in [3.8, 4) is 11.5 Å². The molecule has 0 unspecified atom stereocenters. The molecule has 0 heterocycles. The third-order valence-electron chi connectivity index (χ3n) is 3.66. The van der Waals surface area contributed by atoms with E-state index in [2.05, 4.69) is 0 Å². The molecule has 0 spiro atoms. The quantitative estimate of drug-likeness (QED) is 0.779. The van der Waals surface area contributed by atoms with Gasteiger partial charge in [-0.05, 0) is 23.3 Å². The van der Waals surface area contributed by atoms with E-state index in [-0.39, 0.29) is 5.75 Å². The Morgan fingerprint density at radius 1 is 0.708 bits per heavy atom. The Bertz CT molecular complexity index is 672. The molecule has 0 N–H and O–H groups in total. The average Bonchev–Trinajstić information content (AvgIpc) is 2.47. The highest BCUT2D eigenvalue weighted by atomic mass is 19.4. The first-order valence-electron chi connectivity index (χ1n) is 6.59. The fraction of sp³-hybridized carbons (Fsp3) is 0.250. The molecule has 0 amide bonds. The topological polar surface area (TPSA) is 32.3 Å². The van der Waals surface area contributed by atoms with Crippen LogP contribution in [0, 0.1) is 0 Å². The minimum Gasteiger partial charge on any atom is -0.872 e. The molecule has 0 radical (unpaired) electrons. The lowest BCUT2D eigenvalue weighted by molar-refractivity contribution is -0.289. The Morgan fingerprint density at radius 2 is 1.08 bits per heavy atom. The van der Waals surface area contributed by atoms with Crippen molar-refractivity contribution < 1.29 is 36.2 Å². The summed E-state index contributed by atoms with van der Waals surface area (Å²) in [6, 6.07) is 5.90. The van der Waals surface area contributed by atoms with Gasteiger partial charge in [-0.25, -0.2) is 0 Å². The first-order chi connectivity index (χ1) is 11.0. The zero-order valence-corrected chi connectivity index (χ0v) is 12.2. The molecule has 24 heavy (non-hydrogen) atoms. The van der Waals surface area contributed by atoms with E-state index >= 15 is 0 Å². The van der Waals surface area contributed by atoms with Gasteiger partial charge in [0.2, 0.25) is 5.41 Å². The van der Waals surface area contributed by atoms with Crippen LogP contribution >= 0.6 is 0 Å². The Morgan fingerprint density at radius 3 is 1.42 bits per heavy atom. The third kappa shape index (κ3) is 2.76. The van der Waals surface area contributed by atoms with Crippen LogP contribution in [0.25, 0.3) is 0 Å². The molecule has 2 aromatic rings. The minimum absolute atomic E-state index is 0.118. The number of alkyl halides is 6. The van der Waals surface area contributed by atoms with Crippen LogP contribution in [0.5, 0.6) is 11.5 Å². The molecule has 0 atom stereocenters. The normalized spacial score (nSPS) is 13.0. The van der Waals surface area contributed by atoms with Crippen LogP contribution in [-0.4, -0.2) is 19.5 Å². The van der Waals surface area contributed by atoms with E-state index < -0.39 is 34.6 Å². The molecular weight excluding hydrogens is 338 g/mol. The summed E-state index contributed by atoms with van der Waals surface area (Å²) in [6.07, 6.45) is -11.4. The van der Waals surface area contributed by atoms with Crippen molar-refractivity contribution in [2.24, 2.45) is 0 Å². The summed E-state index contributed by atoms with van der Waals surface area (Å²) in [5, 5.41) is 11.1. The Labute approximate surface area is 133 Å². The second-order valence-electron chi connectivity index (χ2n) is 5.00. The molecule has 0 aliphatic rings. The largest absolute Gasteiger partial charge is 0.872 e. The van der Waals surface area contributed by atoms with Gasteiger partial charge in [-0.2, -0.15) is 26.3 Å². The molecular formula is C16H11F6O2-. The number of hydrogen-bond acceptors (Lipinski definition) is 2. The van der Waals surface area contributed by atoms with E-state index in [0.29, 0.717) is 36.4 Å². The number of hydrogen-bond donors (Lipinski definition) is 0. The number of rotatable bonds is 3. The molecule has 0 fully saturated rings. The number of benzene rings is 2. The molecule has 0 saturated heterocycles. The van der Waals surface area contributed by atoms with Crippen molar-refractivity contribution in [2.75, 3.05) is 7.11 Å². The van der Waals surface area contributed by atoms with Crippen LogP contribution in [-0.2, 0) is 5.41 Å². The number of halogens is 6. The summed E-state index contributed by atoms with van der Waals surface area (Å²) in [4.78, 5) is 0. The van der Waals surface area contributed by atoms with E-state index in [1.54, 1.807) is 0 Å². The first kappa shape index (κ1) is 18.0. The molecule has 0 aromatic heterocycles. The average molecular weight is 349 g/mol. The Kier molecular flexibility index (Phi) is 4.43. The Balaban J connectivity index is 2.83. The standard InChI is InChI=1S/C16H12F6O2/c1-24-13-8-4-11(5-9-13)14(15(17,18)19,16(20,21)22)10-2-6-12(23)7-3-10/h2-9,23H,1H3/p-1. The first-order valence-corrected chi connectivity index (χ1v) is 6.59. The lowest BCUT2D eigenvalue weighted by Gasteiger charge is -2.38. The third-order valence-corrected chi connectivity index (χ3v) is 3.66. The van der Waals surface area contributed by atoms with Crippen LogP contribution in [0.15, 0.2) is 48.5 Å². The van der Waals surface area contributed by atoms with Crippen LogP contribution in [0.1, 0.15) is 11.1 Å². The maximum absolute atomic E-state index is 13.7. The summed E-state index contributed by atoms with van der Waals surface area (Å²) < 4.78 is 86.9. The SMILES string of the molecule is COc1ccc(C(c2ccc([O-])cc2)(C(F)(F)F)C(F)(F)F)cc1. The summed E-state index contributed by atoms with van der Waals surface area (Å²) in [5.74, 6) is -0.571. The smallest absolute Gasteiger partial charge is 0.411 e. The van der Waals surface area contributed by atoms with Crippen molar-refractivity contribution in [3.05, 3.63) is 59.7 Å². The maximum atomic E-state index is 13.7. The van der Waals surface area contributed by atoms with Gasteiger partial charge in [-0.15, -0.1) is 5.75 Å².